The van der Waals surface area contributed by atoms with Gasteiger partial charge >= 0.3 is 0 Å². The zero-order chi connectivity index (χ0) is 25.9. The van der Waals surface area contributed by atoms with E-state index < -0.39 is 0 Å². The summed E-state index contributed by atoms with van der Waals surface area (Å²) in [6.45, 7) is 7.95. The highest BCUT2D eigenvalue weighted by atomic mass is 32.1. The van der Waals surface area contributed by atoms with Crippen molar-refractivity contribution in [2.45, 2.75) is 46.6 Å². The number of hydrogen-bond donors (Lipinski definition) is 1. The number of benzene rings is 1. The van der Waals surface area contributed by atoms with Gasteiger partial charge in [-0.25, -0.2) is 9.97 Å². The molecule has 3 atom stereocenters. The van der Waals surface area contributed by atoms with Crippen molar-refractivity contribution < 1.29 is 4.79 Å². The van der Waals surface area contributed by atoms with Crippen molar-refractivity contribution in [3.05, 3.63) is 71.0 Å². The van der Waals surface area contributed by atoms with E-state index in [1.165, 1.54) is 30.6 Å². The summed E-state index contributed by atoms with van der Waals surface area (Å²) in [7, 11) is 1.86. The zero-order valence-electron chi connectivity index (χ0n) is 22.1. The number of fused-ring (bicyclic) bond motifs is 2. The zero-order valence-corrected chi connectivity index (χ0v) is 22.9. The number of rotatable bonds is 8. The number of amides is 1. The predicted molar refractivity (Wildman–Crippen MR) is 153 cm³/mol. The van der Waals surface area contributed by atoms with Crippen molar-refractivity contribution in [3.8, 4) is 0 Å². The third-order valence-electron chi connectivity index (χ3n) is 7.44. The molecule has 3 heterocycles. The quantitative estimate of drug-likeness (QED) is 0.261. The first-order valence-electron chi connectivity index (χ1n) is 13.1. The maximum absolute atomic E-state index is 13.5. The first kappa shape index (κ1) is 25.3. The Morgan fingerprint density at radius 1 is 1.16 bits per heavy atom. The minimum Gasteiger partial charge on any atom is -0.369 e. The monoisotopic (exact) mass is 513 g/mol. The van der Waals surface area contributed by atoms with Crippen LogP contribution in [-0.2, 0) is 6.54 Å². The van der Waals surface area contributed by atoms with Crippen LogP contribution in [0.1, 0.15) is 53.9 Å². The predicted octanol–water partition coefficient (Wildman–Crippen LogP) is 6.86. The van der Waals surface area contributed by atoms with Crippen LogP contribution >= 0.6 is 11.3 Å². The van der Waals surface area contributed by atoms with Gasteiger partial charge < -0.3 is 10.2 Å². The van der Waals surface area contributed by atoms with Gasteiger partial charge in [-0.3, -0.25) is 9.78 Å². The highest BCUT2D eigenvalue weighted by Crippen LogP contribution is 2.35. The molecule has 1 N–H and O–H groups in total. The molecule has 0 spiro atoms. The van der Waals surface area contributed by atoms with Crippen molar-refractivity contribution >= 4 is 44.2 Å². The van der Waals surface area contributed by atoms with E-state index in [-0.39, 0.29) is 5.91 Å². The van der Waals surface area contributed by atoms with Crippen molar-refractivity contribution in [2.24, 2.45) is 17.8 Å². The standard InChI is InChI=1S/C30H35N5OS/c1-19-10-12-22(13-11-19)15-20(2)16-32-28-26-21(3)27(37-29(26)34-18-33-28)30(36)35(4)17-23-7-5-9-25-24(23)8-6-14-31-25/h5-10,12,14,18-20,22H,11,13,15-17H2,1-4H3,(H,32,33,34). The van der Waals surface area contributed by atoms with Gasteiger partial charge in [0.1, 0.15) is 17.0 Å². The summed E-state index contributed by atoms with van der Waals surface area (Å²) in [4.78, 5) is 30.4. The Kier molecular flexibility index (Phi) is 7.51. The van der Waals surface area contributed by atoms with Crippen molar-refractivity contribution in [2.75, 3.05) is 18.9 Å². The molecule has 0 bridgehead atoms. The van der Waals surface area contributed by atoms with Crippen LogP contribution in [0.15, 0.2) is 55.0 Å². The number of carbonyl (C=O) groups is 1. The first-order chi connectivity index (χ1) is 17.9. The van der Waals surface area contributed by atoms with Crippen LogP contribution in [0.5, 0.6) is 0 Å². The normalized spacial score (nSPS) is 18.3. The summed E-state index contributed by atoms with van der Waals surface area (Å²) in [5.41, 5.74) is 2.96. The van der Waals surface area contributed by atoms with Gasteiger partial charge in [0, 0.05) is 31.7 Å². The molecule has 1 aliphatic carbocycles. The highest BCUT2D eigenvalue weighted by molar-refractivity contribution is 7.20. The second-order valence-corrected chi connectivity index (χ2v) is 11.5. The summed E-state index contributed by atoms with van der Waals surface area (Å²) in [6, 6.07) is 10.0. The molecule has 0 fully saturated rings. The van der Waals surface area contributed by atoms with Crippen LogP contribution in [0.2, 0.25) is 0 Å². The maximum Gasteiger partial charge on any atom is 0.264 e. The molecule has 0 saturated carbocycles. The van der Waals surface area contributed by atoms with E-state index in [1.807, 2.05) is 32.2 Å². The molecule has 4 aromatic rings. The van der Waals surface area contributed by atoms with E-state index in [4.69, 9.17) is 0 Å². The van der Waals surface area contributed by atoms with Crippen molar-refractivity contribution in [1.29, 1.82) is 0 Å². The van der Waals surface area contributed by atoms with Crippen LogP contribution in [0.25, 0.3) is 21.1 Å². The van der Waals surface area contributed by atoms with Crippen LogP contribution in [0, 0.1) is 24.7 Å². The van der Waals surface area contributed by atoms with Gasteiger partial charge in [0.15, 0.2) is 0 Å². The maximum atomic E-state index is 13.5. The van der Waals surface area contributed by atoms with E-state index in [9.17, 15) is 4.79 Å². The molecule has 3 aromatic heterocycles. The largest absolute Gasteiger partial charge is 0.369 e. The Labute approximate surface area is 222 Å². The summed E-state index contributed by atoms with van der Waals surface area (Å²) in [5.74, 6) is 2.72. The van der Waals surface area contributed by atoms with Crippen LogP contribution in [-0.4, -0.2) is 39.4 Å². The molecule has 7 heteroatoms. The summed E-state index contributed by atoms with van der Waals surface area (Å²) in [6.07, 6.45) is 11.9. The van der Waals surface area contributed by atoms with Crippen LogP contribution < -0.4 is 5.32 Å². The van der Waals surface area contributed by atoms with E-state index in [0.29, 0.717) is 29.2 Å². The highest BCUT2D eigenvalue weighted by Gasteiger charge is 2.23. The average Bonchev–Trinajstić information content (AvgIpc) is 3.25. The molecular weight excluding hydrogens is 478 g/mol. The van der Waals surface area contributed by atoms with Crippen LogP contribution in [0.3, 0.4) is 0 Å². The van der Waals surface area contributed by atoms with E-state index >= 15 is 0 Å². The smallest absolute Gasteiger partial charge is 0.264 e. The van der Waals surface area contributed by atoms with Crippen LogP contribution in [0.4, 0.5) is 5.82 Å². The summed E-state index contributed by atoms with van der Waals surface area (Å²) in [5, 5.41) is 5.60. The fourth-order valence-electron chi connectivity index (χ4n) is 5.30. The molecule has 5 rings (SSSR count). The second kappa shape index (κ2) is 11.0. The molecule has 3 unspecified atom stereocenters. The SMILES string of the molecule is Cc1c(C(=O)N(C)Cc2cccc3ncccc23)sc2ncnc(NCC(C)CC3C=CC(C)CC3)c12. The lowest BCUT2D eigenvalue weighted by atomic mass is 9.84. The number of aryl methyl sites for hydroxylation is 1. The third kappa shape index (κ3) is 5.52. The number of pyridine rings is 1. The number of anilines is 1. The first-order valence-corrected chi connectivity index (χ1v) is 14.0. The van der Waals surface area contributed by atoms with E-state index in [1.54, 1.807) is 17.4 Å². The summed E-state index contributed by atoms with van der Waals surface area (Å²) >= 11 is 1.45. The van der Waals surface area contributed by atoms with Gasteiger partial charge in [0.05, 0.1) is 15.8 Å². The average molecular weight is 514 g/mol. The molecule has 1 aromatic carbocycles. The third-order valence-corrected chi connectivity index (χ3v) is 8.63. The van der Waals surface area contributed by atoms with Gasteiger partial charge in [-0.2, -0.15) is 0 Å². The van der Waals surface area contributed by atoms with Gasteiger partial charge in [0.2, 0.25) is 0 Å². The Hall–Kier alpha value is -3.32. The fraction of sp³-hybridized carbons (Fsp3) is 0.400. The Morgan fingerprint density at radius 2 is 2.03 bits per heavy atom. The number of hydrogen-bond acceptors (Lipinski definition) is 6. The van der Waals surface area contributed by atoms with Crippen molar-refractivity contribution in [3.63, 3.8) is 0 Å². The topological polar surface area (TPSA) is 71.0 Å². The summed E-state index contributed by atoms with van der Waals surface area (Å²) < 4.78 is 0. The number of thiophene rings is 1. The number of allylic oxidation sites excluding steroid dienone is 2. The molecule has 0 saturated heterocycles. The number of nitrogens with one attached hydrogen (secondary N) is 1. The van der Waals surface area contributed by atoms with E-state index in [0.717, 1.165) is 44.6 Å². The fourth-order valence-corrected chi connectivity index (χ4v) is 6.44. The number of carbonyl (C=O) groups excluding carboxylic acids is 1. The lowest BCUT2D eigenvalue weighted by Gasteiger charge is -2.23. The van der Waals surface area contributed by atoms with E-state index in [2.05, 4.69) is 58.4 Å². The molecule has 37 heavy (non-hydrogen) atoms. The Bertz CT molecular complexity index is 1440. The van der Waals surface area contributed by atoms with Gasteiger partial charge in [-0.05, 0) is 67.2 Å². The molecule has 1 amide bonds. The number of aromatic nitrogens is 3. The minimum absolute atomic E-state index is 0.000902. The lowest BCUT2D eigenvalue weighted by Crippen LogP contribution is -2.26. The molecule has 0 aliphatic heterocycles. The van der Waals surface area contributed by atoms with Gasteiger partial charge in [-0.15, -0.1) is 11.3 Å². The van der Waals surface area contributed by atoms with Gasteiger partial charge in [0.25, 0.3) is 5.91 Å². The number of nitrogens with zero attached hydrogens (tertiary/aromatic N) is 4. The van der Waals surface area contributed by atoms with Crippen molar-refractivity contribution in [1.82, 2.24) is 19.9 Å². The lowest BCUT2D eigenvalue weighted by molar-refractivity contribution is 0.0790. The molecule has 192 valence electrons. The Balaban J connectivity index is 1.31. The molecule has 6 nitrogen and oxygen atoms in total. The minimum atomic E-state index is -0.000902. The molecule has 1 aliphatic rings. The van der Waals surface area contributed by atoms with Gasteiger partial charge in [-0.1, -0.05) is 44.2 Å². The molecular formula is C30H35N5OS. The second-order valence-electron chi connectivity index (χ2n) is 10.5. The molecule has 0 radical (unpaired) electrons. The Morgan fingerprint density at radius 3 is 2.84 bits per heavy atom.